The van der Waals surface area contributed by atoms with Crippen molar-refractivity contribution < 1.29 is 4.74 Å². The first-order chi connectivity index (χ1) is 7.49. The molecule has 1 aliphatic heterocycles. The molecule has 0 spiro atoms. The van der Waals surface area contributed by atoms with Crippen LogP contribution in [0, 0.1) is 0 Å². The second-order valence-electron chi connectivity index (χ2n) is 5.84. The van der Waals surface area contributed by atoms with E-state index in [0.717, 1.165) is 26.3 Å². The fourth-order valence-electron chi connectivity index (χ4n) is 2.00. The summed E-state index contributed by atoms with van der Waals surface area (Å²) in [7, 11) is 0. The summed E-state index contributed by atoms with van der Waals surface area (Å²) in [5.74, 6) is 0. The van der Waals surface area contributed by atoms with Crippen molar-refractivity contribution in [3.8, 4) is 0 Å². The number of hydrogen-bond donors (Lipinski definition) is 1. The van der Waals surface area contributed by atoms with Gasteiger partial charge in [-0.05, 0) is 53.6 Å². The summed E-state index contributed by atoms with van der Waals surface area (Å²) in [6, 6.07) is 0.601. The number of morpholine rings is 1. The lowest BCUT2D eigenvalue weighted by Crippen LogP contribution is -2.44. The van der Waals surface area contributed by atoms with Crippen LogP contribution in [0.25, 0.3) is 0 Å². The van der Waals surface area contributed by atoms with Gasteiger partial charge in [0.25, 0.3) is 0 Å². The fraction of sp³-hybridized carbons (Fsp3) is 1.00. The predicted molar refractivity (Wildman–Crippen MR) is 68.8 cm³/mol. The molecular formula is C13H28N2O. The summed E-state index contributed by atoms with van der Waals surface area (Å²) >= 11 is 0. The van der Waals surface area contributed by atoms with Crippen molar-refractivity contribution in [3.63, 3.8) is 0 Å². The van der Waals surface area contributed by atoms with Gasteiger partial charge in [0, 0.05) is 18.1 Å². The Hall–Kier alpha value is -0.120. The Morgan fingerprint density at radius 1 is 1.31 bits per heavy atom. The summed E-state index contributed by atoms with van der Waals surface area (Å²) in [5.41, 5.74) is 0.256. The Morgan fingerprint density at radius 2 is 2.06 bits per heavy atom. The molecule has 0 aromatic carbocycles. The molecule has 0 aliphatic carbocycles. The van der Waals surface area contributed by atoms with Crippen molar-refractivity contribution in [3.05, 3.63) is 0 Å². The average Bonchev–Trinajstić information content (AvgIpc) is 2.18. The molecule has 1 rings (SSSR count). The van der Waals surface area contributed by atoms with Crippen molar-refractivity contribution in [2.75, 3.05) is 32.8 Å². The normalized spacial score (nSPS) is 23.6. The monoisotopic (exact) mass is 228 g/mol. The van der Waals surface area contributed by atoms with Gasteiger partial charge < -0.3 is 10.1 Å². The first-order valence-electron chi connectivity index (χ1n) is 6.56. The van der Waals surface area contributed by atoms with E-state index in [9.17, 15) is 0 Å². The molecule has 1 fully saturated rings. The quantitative estimate of drug-likeness (QED) is 0.727. The molecule has 1 saturated heterocycles. The maximum Gasteiger partial charge on any atom is 0.0619 e. The number of unbranched alkanes of at least 4 members (excludes halogenated alkanes) is 1. The van der Waals surface area contributed by atoms with E-state index in [1.165, 1.54) is 19.4 Å². The Morgan fingerprint density at radius 3 is 2.69 bits per heavy atom. The maximum atomic E-state index is 5.43. The molecule has 0 radical (unpaired) electrons. The highest BCUT2D eigenvalue weighted by Crippen LogP contribution is 2.07. The highest BCUT2D eigenvalue weighted by atomic mass is 16.5. The predicted octanol–water partition coefficient (Wildman–Crippen LogP) is 1.88. The Kier molecular flexibility index (Phi) is 5.73. The van der Waals surface area contributed by atoms with Crippen LogP contribution >= 0.6 is 0 Å². The molecule has 0 saturated carbocycles. The van der Waals surface area contributed by atoms with Gasteiger partial charge in [-0.25, -0.2) is 0 Å². The van der Waals surface area contributed by atoms with Gasteiger partial charge in [0.1, 0.15) is 0 Å². The van der Waals surface area contributed by atoms with Gasteiger partial charge in [0.05, 0.1) is 13.2 Å². The second-order valence-corrected chi connectivity index (χ2v) is 5.84. The zero-order valence-electron chi connectivity index (χ0n) is 11.4. The largest absolute Gasteiger partial charge is 0.379 e. The molecule has 96 valence electrons. The summed E-state index contributed by atoms with van der Waals surface area (Å²) in [6.45, 7) is 14.2. The van der Waals surface area contributed by atoms with Gasteiger partial charge in [-0.2, -0.15) is 0 Å². The molecule has 3 nitrogen and oxygen atoms in total. The molecule has 1 aliphatic rings. The third-order valence-electron chi connectivity index (χ3n) is 3.03. The van der Waals surface area contributed by atoms with Crippen LogP contribution in [0.1, 0.15) is 40.5 Å². The van der Waals surface area contributed by atoms with Crippen molar-refractivity contribution in [1.29, 1.82) is 0 Å². The summed E-state index contributed by atoms with van der Waals surface area (Å²) in [5, 5.41) is 3.53. The minimum Gasteiger partial charge on any atom is -0.379 e. The standard InChI is InChI=1S/C13H28N2O/c1-12-11-16-10-9-15(12)8-6-5-7-14-13(2,3)4/h12,14H,5-11H2,1-4H3. The van der Waals surface area contributed by atoms with Crippen LogP contribution in [0.15, 0.2) is 0 Å². The molecule has 1 heterocycles. The van der Waals surface area contributed by atoms with Crippen LogP contribution < -0.4 is 5.32 Å². The lowest BCUT2D eigenvalue weighted by atomic mass is 10.1. The molecule has 1 unspecified atom stereocenters. The molecule has 1 N–H and O–H groups in total. The molecule has 0 aromatic heterocycles. The van der Waals surface area contributed by atoms with E-state index in [4.69, 9.17) is 4.74 Å². The topological polar surface area (TPSA) is 24.5 Å². The average molecular weight is 228 g/mol. The molecular weight excluding hydrogens is 200 g/mol. The first kappa shape index (κ1) is 13.9. The zero-order chi connectivity index (χ0) is 12.0. The van der Waals surface area contributed by atoms with Crippen LogP contribution in [0.5, 0.6) is 0 Å². The minimum atomic E-state index is 0.256. The van der Waals surface area contributed by atoms with Crippen molar-refractivity contribution in [2.24, 2.45) is 0 Å². The third kappa shape index (κ3) is 5.83. The molecule has 0 bridgehead atoms. The lowest BCUT2D eigenvalue weighted by Gasteiger charge is -2.33. The van der Waals surface area contributed by atoms with E-state index in [2.05, 4.69) is 37.9 Å². The number of ether oxygens (including phenoxy) is 1. The van der Waals surface area contributed by atoms with E-state index >= 15 is 0 Å². The first-order valence-corrected chi connectivity index (χ1v) is 6.56. The Labute approximate surface area is 101 Å². The highest BCUT2D eigenvalue weighted by Gasteiger charge is 2.17. The van der Waals surface area contributed by atoms with Gasteiger partial charge in [0.2, 0.25) is 0 Å². The number of nitrogens with zero attached hydrogens (tertiary/aromatic N) is 1. The lowest BCUT2D eigenvalue weighted by molar-refractivity contribution is -0.000870. The summed E-state index contributed by atoms with van der Waals surface area (Å²) in [6.07, 6.45) is 2.55. The molecule has 3 heteroatoms. The highest BCUT2D eigenvalue weighted by molar-refractivity contribution is 4.72. The number of rotatable bonds is 5. The van der Waals surface area contributed by atoms with Gasteiger partial charge in [-0.3, -0.25) is 4.90 Å². The van der Waals surface area contributed by atoms with Gasteiger partial charge in [-0.15, -0.1) is 0 Å². The van der Waals surface area contributed by atoms with Crippen LogP contribution in [-0.2, 0) is 4.74 Å². The minimum absolute atomic E-state index is 0.256. The third-order valence-corrected chi connectivity index (χ3v) is 3.03. The van der Waals surface area contributed by atoms with E-state index < -0.39 is 0 Å². The molecule has 16 heavy (non-hydrogen) atoms. The van der Waals surface area contributed by atoms with Crippen molar-refractivity contribution in [2.45, 2.75) is 52.1 Å². The summed E-state index contributed by atoms with van der Waals surface area (Å²) in [4.78, 5) is 2.54. The van der Waals surface area contributed by atoms with Gasteiger partial charge >= 0.3 is 0 Å². The van der Waals surface area contributed by atoms with Gasteiger partial charge in [0.15, 0.2) is 0 Å². The van der Waals surface area contributed by atoms with Crippen LogP contribution in [-0.4, -0.2) is 49.3 Å². The van der Waals surface area contributed by atoms with Crippen molar-refractivity contribution >= 4 is 0 Å². The Balaban J connectivity index is 2.02. The van der Waals surface area contributed by atoms with Crippen LogP contribution in [0.3, 0.4) is 0 Å². The van der Waals surface area contributed by atoms with E-state index in [0.29, 0.717) is 6.04 Å². The van der Waals surface area contributed by atoms with E-state index in [1.807, 2.05) is 0 Å². The molecule has 1 atom stereocenters. The van der Waals surface area contributed by atoms with Gasteiger partial charge in [-0.1, -0.05) is 0 Å². The SMILES string of the molecule is CC1COCCN1CCCCNC(C)(C)C. The summed E-state index contributed by atoms with van der Waals surface area (Å²) < 4.78 is 5.43. The van der Waals surface area contributed by atoms with Crippen LogP contribution in [0.2, 0.25) is 0 Å². The Bertz CT molecular complexity index is 189. The van der Waals surface area contributed by atoms with E-state index in [1.54, 1.807) is 0 Å². The van der Waals surface area contributed by atoms with Crippen molar-refractivity contribution in [1.82, 2.24) is 10.2 Å². The number of nitrogens with one attached hydrogen (secondary N) is 1. The zero-order valence-corrected chi connectivity index (χ0v) is 11.4. The number of hydrogen-bond acceptors (Lipinski definition) is 3. The molecule has 0 amide bonds. The maximum absolute atomic E-state index is 5.43. The molecule has 0 aromatic rings. The second kappa shape index (κ2) is 6.58. The fourth-order valence-corrected chi connectivity index (χ4v) is 2.00. The smallest absolute Gasteiger partial charge is 0.0619 e. The van der Waals surface area contributed by atoms with Crippen LogP contribution in [0.4, 0.5) is 0 Å². The van der Waals surface area contributed by atoms with E-state index in [-0.39, 0.29) is 5.54 Å².